The van der Waals surface area contributed by atoms with E-state index in [2.05, 4.69) is 24.1 Å². The number of amides is 1. The first kappa shape index (κ1) is 31.9. The van der Waals surface area contributed by atoms with Crippen LogP contribution in [0, 0.1) is 0 Å². The molecule has 1 aromatic heterocycles. The molecule has 0 aliphatic rings. The summed E-state index contributed by atoms with van der Waals surface area (Å²) in [6.07, 6.45) is 4.53. The van der Waals surface area contributed by atoms with Gasteiger partial charge in [-0.05, 0) is 84.5 Å². The number of aliphatic carboxylic acids is 1. The van der Waals surface area contributed by atoms with Gasteiger partial charge in [-0.15, -0.1) is 11.3 Å². The van der Waals surface area contributed by atoms with Gasteiger partial charge in [-0.25, -0.2) is 18.2 Å². The molecule has 43 heavy (non-hydrogen) atoms. The third kappa shape index (κ3) is 9.25. The van der Waals surface area contributed by atoms with Crippen LogP contribution < -0.4 is 10.1 Å². The van der Waals surface area contributed by atoms with E-state index < -0.39 is 28.3 Å². The second-order valence-corrected chi connectivity index (χ2v) is 13.5. The number of carboxylic acid groups (broad SMARTS) is 1. The fraction of sp³-hybridized carbons (Fsp3) is 0.219. The number of hydrogen-bond donors (Lipinski definition) is 2. The van der Waals surface area contributed by atoms with Crippen LogP contribution in [-0.2, 0) is 21.1 Å². The summed E-state index contributed by atoms with van der Waals surface area (Å²) >= 11 is 7.42. The van der Waals surface area contributed by atoms with E-state index in [1.165, 1.54) is 24.3 Å². The Balaban J connectivity index is 1.47. The number of aryl methyl sites for hydroxylation is 1. The van der Waals surface area contributed by atoms with Crippen LogP contribution in [0.4, 0.5) is 5.69 Å². The van der Waals surface area contributed by atoms with Crippen molar-refractivity contribution >= 4 is 62.5 Å². The number of halogens is 1. The Bertz CT molecular complexity index is 1730. The Morgan fingerprint density at radius 3 is 2.53 bits per heavy atom. The number of benzene rings is 3. The van der Waals surface area contributed by atoms with Gasteiger partial charge in [0.15, 0.2) is 16.4 Å². The van der Waals surface area contributed by atoms with E-state index in [0.29, 0.717) is 29.3 Å². The quantitative estimate of drug-likeness (QED) is 0.159. The number of ether oxygens (including phenoxy) is 1. The first-order chi connectivity index (χ1) is 20.5. The maximum Gasteiger partial charge on any atom is 0.341 e. The summed E-state index contributed by atoms with van der Waals surface area (Å²) in [7, 11) is -3.50. The normalized spacial score (nSPS) is 11.6. The lowest BCUT2D eigenvalue weighted by Gasteiger charge is -2.14. The number of sulfone groups is 1. The first-order valence-corrected chi connectivity index (χ1v) is 16.4. The Morgan fingerprint density at radius 1 is 1.07 bits per heavy atom. The van der Waals surface area contributed by atoms with Crippen LogP contribution in [0.15, 0.2) is 77.0 Å². The number of aromatic nitrogens is 1. The van der Waals surface area contributed by atoms with Gasteiger partial charge in [-0.3, -0.25) is 4.79 Å². The molecule has 1 amide bonds. The summed E-state index contributed by atoms with van der Waals surface area (Å²) in [4.78, 5) is 29.2. The number of carbonyl (C=O) groups is 2. The summed E-state index contributed by atoms with van der Waals surface area (Å²) in [5.41, 5.74) is 3.28. The van der Waals surface area contributed by atoms with Crippen molar-refractivity contribution in [2.24, 2.45) is 0 Å². The zero-order valence-corrected chi connectivity index (χ0v) is 26.0. The fourth-order valence-electron chi connectivity index (χ4n) is 4.11. The highest BCUT2D eigenvalue weighted by molar-refractivity contribution is 7.91. The molecule has 0 saturated carbocycles. The maximum atomic E-state index is 13.2. The summed E-state index contributed by atoms with van der Waals surface area (Å²) in [5.74, 6) is -1.11. The van der Waals surface area contributed by atoms with E-state index in [1.807, 2.05) is 23.6 Å². The molecule has 0 unspecified atom stereocenters. The van der Waals surface area contributed by atoms with Gasteiger partial charge in [0.25, 0.3) is 5.91 Å². The predicted molar refractivity (Wildman–Crippen MR) is 171 cm³/mol. The molecule has 8 nitrogen and oxygen atoms in total. The van der Waals surface area contributed by atoms with Crippen molar-refractivity contribution in [2.75, 3.05) is 17.7 Å². The van der Waals surface area contributed by atoms with E-state index in [4.69, 9.17) is 21.4 Å². The third-order valence-electron chi connectivity index (χ3n) is 6.39. The van der Waals surface area contributed by atoms with Crippen LogP contribution in [0.25, 0.3) is 12.2 Å². The van der Waals surface area contributed by atoms with Crippen LogP contribution in [0.2, 0.25) is 5.02 Å². The Morgan fingerprint density at radius 2 is 1.84 bits per heavy atom. The zero-order chi connectivity index (χ0) is 31.0. The SMILES string of the molecule is CC(C)c1csc(/C=C/c2cccc(C(=O)Nc3cc(CCCS(=O)(=O)c4ccc(Cl)cc4)ccc3OCC(=O)O)c2)n1. The number of rotatable bonds is 13. The van der Waals surface area contributed by atoms with Gasteiger partial charge in [-0.2, -0.15) is 0 Å². The Kier molecular flexibility index (Phi) is 10.7. The summed E-state index contributed by atoms with van der Waals surface area (Å²) in [5, 5.41) is 15.3. The molecule has 4 aromatic rings. The molecule has 0 bridgehead atoms. The number of carboxylic acids is 1. The average molecular weight is 639 g/mol. The average Bonchev–Trinajstić information content (AvgIpc) is 3.45. The lowest BCUT2D eigenvalue weighted by atomic mass is 10.1. The standard InChI is InChI=1S/C32H31ClN2O6S2/c1-21(2)28-20-42-30(34-28)15-9-22-5-3-7-24(17-22)32(38)35-27-18-23(8-14-29(27)41-19-31(36)37)6-4-16-43(39,40)26-12-10-25(33)11-13-26/h3,5,7-15,17-18,20-21H,4,6,16,19H2,1-2H3,(H,35,38)(H,36,37)/b15-9+. The van der Waals surface area contributed by atoms with Gasteiger partial charge in [0.05, 0.1) is 22.0 Å². The Labute approximate surface area is 259 Å². The molecular weight excluding hydrogens is 608 g/mol. The number of nitrogens with one attached hydrogen (secondary N) is 1. The van der Waals surface area contributed by atoms with Gasteiger partial charge < -0.3 is 15.2 Å². The lowest BCUT2D eigenvalue weighted by Crippen LogP contribution is -2.15. The molecule has 0 fully saturated rings. The van der Waals surface area contributed by atoms with Gasteiger partial charge in [-0.1, -0.05) is 49.7 Å². The monoisotopic (exact) mass is 638 g/mol. The second kappa shape index (κ2) is 14.5. The van der Waals surface area contributed by atoms with Crippen LogP contribution in [0.1, 0.15) is 58.4 Å². The van der Waals surface area contributed by atoms with Crippen LogP contribution in [0.5, 0.6) is 5.75 Å². The van der Waals surface area contributed by atoms with Crippen molar-refractivity contribution < 1.29 is 27.9 Å². The van der Waals surface area contributed by atoms with Crippen LogP contribution in [0.3, 0.4) is 0 Å². The summed E-state index contributed by atoms with van der Waals surface area (Å²) in [6, 6.07) is 18.1. The van der Waals surface area contributed by atoms with Crippen LogP contribution in [-0.4, -0.2) is 42.7 Å². The highest BCUT2D eigenvalue weighted by Crippen LogP contribution is 2.28. The van der Waals surface area contributed by atoms with Crippen molar-refractivity contribution in [3.05, 3.63) is 105 Å². The smallest absolute Gasteiger partial charge is 0.341 e. The number of hydrogen-bond acceptors (Lipinski definition) is 7. The molecule has 0 spiro atoms. The molecule has 0 radical (unpaired) electrons. The molecule has 0 saturated heterocycles. The van der Waals surface area contributed by atoms with Crippen molar-refractivity contribution in [1.82, 2.24) is 4.98 Å². The minimum atomic E-state index is -3.50. The lowest BCUT2D eigenvalue weighted by molar-refractivity contribution is -0.139. The van der Waals surface area contributed by atoms with E-state index in [9.17, 15) is 18.0 Å². The molecule has 2 N–H and O–H groups in total. The second-order valence-electron chi connectivity index (χ2n) is 10.1. The van der Waals surface area contributed by atoms with E-state index >= 15 is 0 Å². The number of thiazole rings is 1. The fourth-order valence-corrected chi connectivity index (χ4v) is 6.42. The third-order valence-corrected chi connectivity index (χ3v) is 9.29. The molecule has 0 aliphatic heterocycles. The zero-order valence-electron chi connectivity index (χ0n) is 23.6. The number of anilines is 1. The first-order valence-electron chi connectivity index (χ1n) is 13.5. The van der Waals surface area contributed by atoms with Crippen molar-refractivity contribution in [3.8, 4) is 5.75 Å². The molecule has 4 rings (SSSR count). The van der Waals surface area contributed by atoms with Crippen molar-refractivity contribution in [2.45, 2.75) is 37.5 Å². The molecule has 0 atom stereocenters. The predicted octanol–water partition coefficient (Wildman–Crippen LogP) is 7.21. The van der Waals surface area contributed by atoms with Crippen LogP contribution >= 0.6 is 22.9 Å². The Hall–Kier alpha value is -3.99. The summed E-state index contributed by atoms with van der Waals surface area (Å²) < 4.78 is 30.8. The molecule has 3 aromatic carbocycles. The van der Waals surface area contributed by atoms with Crippen molar-refractivity contribution in [3.63, 3.8) is 0 Å². The molecule has 11 heteroatoms. The minimum absolute atomic E-state index is 0.0757. The highest BCUT2D eigenvalue weighted by atomic mass is 35.5. The molecule has 0 aliphatic carbocycles. The van der Waals surface area contributed by atoms with E-state index in [1.54, 1.807) is 47.7 Å². The van der Waals surface area contributed by atoms with E-state index in [-0.39, 0.29) is 22.1 Å². The van der Waals surface area contributed by atoms with Gasteiger partial charge >= 0.3 is 5.97 Å². The highest BCUT2D eigenvalue weighted by Gasteiger charge is 2.16. The minimum Gasteiger partial charge on any atom is -0.480 e. The van der Waals surface area contributed by atoms with Crippen molar-refractivity contribution in [1.29, 1.82) is 0 Å². The van der Waals surface area contributed by atoms with Gasteiger partial charge in [0, 0.05) is 16.0 Å². The maximum absolute atomic E-state index is 13.2. The molecule has 1 heterocycles. The topological polar surface area (TPSA) is 123 Å². The van der Waals surface area contributed by atoms with Gasteiger partial charge in [0.2, 0.25) is 0 Å². The van der Waals surface area contributed by atoms with E-state index in [0.717, 1.165) is 21.8 Å². The molecular formula is C32H31ClN2O6S2. The largest absolute Gasteiger partial charge is 0.480 e. The molecule has 224 valence electrons. The van der Waals surface area contributed by atoms with Gasteiger partial charge in [0.1, 0.15) is 10.8 Å². The number of carbonyl (C=O) groups excluding carboxylic acids is 1. The summed E-state index contributed by atoms with van der Waals surface area (Å²) in [6.45, 7) is 3.59. The number of nitrogens with zero attached hydrogens (tertiary/aromatic N) is 1.